The Labute approximate surface area is 148 Å². The van der Waals surface area contributed by atoms with Crippen molar-refractivity contribution in [3.63, 3.8) is 0 Å². The summed E-state index contributed by atoms with van der Waals surface area (Å²) >= 11 is 0. The van der Waals surface area contributed by atoms with Gasteiger partial charge in [0.25, 0.3) is 5.91 Å². The second kappa shape index (κ2) is 4.73. The van der Waals surface area contributed by atoms with E-state index in [-0.39, 0.29) is 10.4 Å². The third kappa shape index (κ3) is 1.78. The molecule has 5 heteroatoms. The smallest absolute Gasteiger partial charge is 0.256 e. The monoisotopic (exact) mass is 308 g/mol. The number of fused-ring (bicyclic) bond motifs is 3. The van der Waals surface area contributed by atoms with E-state index in [1.807, 2.05) is 0 Å². The van der Waals surface area contributed by atoms with Crippen LogP contribution < -0.4 is 0 Å². The fraction of sp³-hybridized carbons (Fsp3) is 0.294. The van der Waals surface area contributed by atoms with Crippen molar-refractivity contribution < 1.29 is 24.0 Å². The van der Waals surface area contributed by atoms with Crippen LogP contribution in [0.4, 0.5) is 0 Å². The Bertz CT molecular complexity index is 1450. The summed E-state index contributed by atoms with van der Waals surface area (Å²) in [5.41, 5.74) is -3.53. The molecule has 0 saturated carbocycles. The number of imidazole rings is 1. The second-order valence-electron chi connectivity index (χ2n) is 4.57. The van der Waals surface area contributed by atoms with E-state index in [2.05, 4.69) is 9.97 Å². The van der Waals surface area contributed by atoms with Crippen molar-refractivity contribution in [2.24, 2.45) is 7.05 Å². The molecule has 1 N–H and O–H groups in total. The van der Waals surface area contributed by atoms with Crippen LogP contribution in [0.5, 0.6) is 0 Å². The number of aromatic amines is 1. The molecule has 22 heavy (non-hydrogen) atoms. The third-order valence-electron chi connectivity index (χ3n) is 3.33. The largest absolute Gasteiger partial charge is 0.348 e. The van der Waals surface area contributed by atoms with E-state index in [1.54, 1.807) is 0 Å². The maximum atomic E-state index is 13.8. The quantitative estimate of drug-likeness (QED) is 0.790. The Morgan fingerprint density at radius 1 is 1.55 bits per heavy atom. The number of benzene rings is 1. The lowest BCUT2D eigenvalue weighted by Gasteiger charge is -2.27. The van der Waals surface area contributed by atoms with E-state index in [9.17, 15) is 4.79 Å². The number of aromatic nitrogens is 3. The molecule has 1 aliphatic rings. The average Bonchev–Trinajstić information content (AvgIpc) is 3.28. The molecule has 0 bridgehead atoms. The summed E-state index contributed by atoms with van der Waals surface area (Å²) in [6.45, 7) is -9.95. The lowest BCUT2D eigenvalue weighted by Crippen LogP contribution is -2.37. The Kier molecular flexibility index (Phi) is 1.07. The fourth-order valence-corrected chi connectivity index (χ4v) is 2.28. The van der Waals surface area contributed by atoms with Crippen molar-refractivity contribution in [1.29, 1.82) is 0 Å². The molecule has 1 aliphatic heterocycles. The van der Waals surface area contributed by atoms with Crippen LogP contribution in [0.15, 0.2) is 30.5 Å². The molecule has 5 nitrogen and oxygen atoms in total. The molecular formula is C17H18N4O. The van der Waals surface area contributed by atoms with Crippen LogP contribution in [-0.2, 0) is 19.9 Å². The molecule has 0 aliphatic carbocycles. The lowest BCUT2D eigenvalue weighted by atomic mass is 10.0. The van der Waals surface area contributed by atoms with E-state index < -0.39 is 90.6 Å². The van der Waals surface area contributed by atoms with Crippen LogP contribution in [0.1, 0.15) is 46.6 Å². The van der Waals surface area contributed by atoms with Gasteiger partial charge in [-0.3, -0.25) is 4.79 Å². The predicted octanol–water partition coefficient (Wildman–Crippen LogP) is 2.41. The van der Waals surface area contributed by atoms with Crippen LogP contribution in [0, 0.1) is 6.85 Å². The Balaban J connectivity index is 2.13. The van der Waals surface area contributed by atoms with Crippen molar-refractivity contribution in [2.75, 3.05) is 6.50 Å². The molecule has 112 valence electrons. The minimum absolute atomic E-state index is 0.159. The third-order valence-corrected chi connectivity index (χ3v) is 3.33. The Morgan fingerprint density at radius 2 is 2.41 bits per heavy atom. The highest BCUT2D eigenvalue weighted by Gasteiger charge is 2.30. The van der Waals surface area contributed by atoms with Gasteiger partial charge < -0.3 is 14.5 Å². The van der Waals surface area contributed by atoms with Gasteiger partial charge in [0.1, 0.15) is 1.37 Å². The van der Waals surface area contributed by atoms with Gasteiger partial charge in [0.05, 0.1) is 32.3 Å². The Morgan fingerprint density at radius 3 is 3.27 bits per heavy atom. The van der Waals surface area contributed by atoms with Gasteiger partial charge in [0.2, 0.25) is 0 Å². The Hall–Kier alpha value is -2.56. The number of amides is 1. The molecule has 0 unspecified atom stereocenters. The van der Waals surface area contributed by atoms with Crippen molar-refractivity contribution in [3.05, 3.63) is 53.1 Å². The minimum atomic E-state index is -3.48. The first-order valence-corrected chi connectivity index (χ1v) is 6.22. The van der Waals surface area contributed by atoms with Crippen molar-refractivity contribution in [2.45, 2.75) is 19.7 Å². The maximum Gasteiger partial charge on any atom is 0.256 e. The van der Waals surface area contributed by atoms with Crippen molar-refractivity contribution >= 4 is 16.8 Å². The van der Waals surface area contributed by atoms with Crippen molar-refractivity contribution in [3.8, 4) is 0 Å². The van der Waals surface area contributed by atoms with E-state index >= 15 is 0 Å². The van der Waals surface area contributed by atoms with E-state index in [0.29, 0.717) is 0 Å². The number of hydrogen-bond acceptors (Lipinski definition) is 2. The second-order valence-corrected chi connectivity index (χ2v) is 4.57. The number of nitrogens with zero attached hydrogens (tertiary/aromatic N) is 3. The highest BCUT2D eigenvalue weighted by molar-refractivity contribution is 6.09. The summed E-state index contributed by atoms with van der Waals surface area (Å²) in [6.07, 6.45) is -3.98. The molecule has 0 atom stereocenters. The summed E-state index contributed by atoms with van der Waals surface area (Å²) in [4.78, 5) is 19.2. The zero-order valence-corrected chi connectivity index (χ0v) is 11.2. The normalized spacial score (nSPS) is 29.7. The van der Waals surface area contributed by atoms with E-state index in [0.717, 1.165) is 4.57 Å². The number of rotatable bonds is 2. The van der Waals surface area contributed by atoms with Crippen LogP contribution in [0.25, 0.3) is 10.9 Å². The number of aryl methyl sites for hydroxylation is 2. The van der Waals surface area contributed by atoms with E-state index in [1.165, 1.54) is 7.05 Å². The molecule has 0 radical (unpaired) electrons. The molecular weight excluding hydrogens is 276 g/mol. The standard InChI is InChI=1S/C17H18N4O/c1-11-13(19-10-18-11)9-21-8-7-15-16(17(21)22)12-5-3-4-6-14(12)20(15)2/h3-6,10H,7-9H2,1-2H3,(H,18,19)/i1D3,3D,4D,5D,6D,7D2,8D2,9D2,10D. The van der Waals surface area contributed by atoms with Crippen LogP contribution in [0.2, 0.25) is 0 Å². The molecule has 3 aromatic rings. The molecule has 0 spiro atoms. The van der Waals surface area contributed by atoms with E-state index in [4.69, 9.17) is 19.2 Å². The van der Waals surface area contributed by atoms with Gasteiger partial charge in [-0.2, -0.15) is 0 Å². The SMILES string of the molecule is [2H]c1nc(C([2H])([2H])N2C(=O)c3c(n(C)c4c([2H])c([2H])c([2H])c([2H])c34)C([2H])([2H])C2([2H])[2H])c(C([2H])([2H])[2H])[nH]1. The van der Waals surface area contributed by atoms with Gasteiger partial charge in [-0.05, 0) is 12.9 Å². The highest BCUT2D eigenvalue weighted by Crippen LogP contribution is 2.30. The fourth-order valence-electron chi connectivity index (χ4n) is 2.28. The van der Waals surface area contributed by atoms with Crippen LogP contribution >= 0.6 is 0 Å². The number of nitrogens with one attached hydrogen (secondary N) is 1. The number of hydrogen-bond donors (Lipinski definition) is 1. The van der Waals surface area contributed by atoms with Gasteiger partial charge in [-0.15, -0.1) is 0 Å². The van der Waals surface area contributed by atoms with Gasteiger partial charge in [0, 0.05) is 51.8 Å². The first-order chi connectivity index (χ1) is 16.2. The number of carbonyl (C=O) groups excluding carboxylic acids is 1. The van der Waals surface area contributed by atoms with Gasteiger partial charge >= 0.3 is 0 Å². The first-order valence-electron chi connectivity index (χ1n) is 13.2. The van der Waals surface area contributed by atoms with Crippen LogP contribution in [0.3, 0.4) is 0 Å². The average molecular weight is 308 g/mol. The van der Waals surface area contributed by atoms with Gasteiger partial charge in [0.15, 0.2) is 0 Å². The number of H-pyrrole nitrogens is 1. The maximum absolute atomic E-state index is 13.8. The summed E-state index contributed by atoms with van der Waals surface area (Å²) in [5.74, 6) is -1.49. The zero-order valence-electron chi connectivity index (χ0n) is 25.2. The van der Waals surface area contributed by atoms with Crippen molar-refractivity contribution in [1.82, 2.24) is 19.4 Å². The van der Waals surface area contributed by atoms with Crippen LogP contribution in [-0.4, -0.2) is 31.8 Å². The summed E-state index contributed by atoms with van der Waals surface area (Å²) in [6, 6.07) is -2.74. The molecule has 1 amide bonds. The summed E-state index contributed by atoms with van der Waals surface area (Å²) in [7, 11) is 1.19. The predicted molar refractivity (Wildman–Crippen MR) is 84.7 cm³/mol. The van der Waals surface area contributed by atoms with Gasteiger partial charge in [-0.25, -0.2) is 4.98 Å². The molecule has 3 heterocycles. The zero-order chi connectivity index (χ0) is 27.5. The molecule has 0 fully saturated rings. The molecule has 1 aromatic carbocycles. The first kappa shape index (κ1) is 4.98. The van der Waals surface area contributed by atoms with Gasteiger partial charge in [-0.1, -0.05) is 18.1 Å². The number of carbonyl (C=O) groups is 1. The topological polar surface area (TPSA) is 53.9 Å². The minimum Gasteiger partial charge on any atom is -0.348 e. The molecule has 0 saturated heterocycles. The lowest BCUT2D eigenvalue weighted by molar-refractivity contribution is 0.0725. The highest BCUT2D eigenvalue weighted by atomic mass is 16.2. The molecule has 2 aromatic heterocycles. The number of para-hydroxylation sites is 1. The summed E-state index contributed by atoms with van der Waals surface area (Å²) < 4.78 is 115. The summed E-state index contributed by atoms with van der Waals surface area (Å²) in [5, 5.41) is -0.442. The molecule has 4 rings (SSSR count).